The molecule has 0 spiro atoms. The first-order valence-electron chi connectivity index (χ1n) is 10.4. The van der Waals surface area contributed by atoms with Crippen molar-refractivity contribution in [2.75, 3.05) is 31.1 Å². The molecule has 9 heteroatoms. The number of halogens is 2. The second-order valence-corrected chi connectivity index (χ2v) is 8.52. The molecule has 0 amide bonds. The first kappa shape index (κ1) is 19.5. The van der Waals surface area contributed by atoms with Crippen molar-refractivity contribution < 1.29 is 9.13 Å². The highest BCUT2D eigenvalue weighted by atomic mass is 35.5. The summed E-state index contributed by atoms with van der Waals surface area (Å²) in [4.78, 5) is 26.3. The van der Waals surface area contributed by atoms with Gasteiger partial charge in [0.15, 0.2) is 11.6 Å². The van der Waals surface area contributed by atoms with Crippen molar-refractivity contribution in [3.8, 4) is 16.9 Å². The summed E-state index contributed by atoms with van der Waals surface area (Å²) in [6.07, 6.45) is 2.94. The van der Waals surface area contributed by atoms with Crippen LogP contribution in [-0.4, -0.2) is 47.2 Å². The van der Waals surface area contributed by atoms with Crippen molar-refractivity contribution in [3.63, 3.8) is 0 Å². The van der Waals surface area contributed by atoms with Gasteiger partial charge in [-0.2, -0.15) is 0 Å². The minimum atomic E-state index is -0.589. The van der Waals surface area contributed by atoms with E-state index in [1.54, 1.807) is 12.3 Å². The summed E-state index contributed by atoms with van der Waals surface area (Å²) in [6, 6.07) is 5.52. The molecule has 2 aromatic heterocycles. The number of H-pyrrole nitrogens is 1. The number of aryl methyl sites for hydroxylation is 1. The van der Waals surface area contributed by atoms with E-state index in [9.17, 15) is 4.79 Å². The predicted molar refractivity (Wildman–Crippen MR) is 122 cm³/mol. The van der Waals surface area contributed by atoms with Gasteiger partial charge in [0.25, 0.3) is 5.56 Å². The van der Waals surface area contributed by atoms with Gasteiger partial charge < -0.3 is 19.9 Å². The Morgan fingerprint density at radius 1 is 1.22 bits per heavy atom. The van der Waals surface area contributed by atoms with Gasteiger partial charge in [0.1, 0.15) is 24.3 Å². The van der Waals surface area contributed by atoms with Gasteiger partial charge in [0.2, 0.25) is 0 Å². The quantitative estimate of drug-likeness (QED) is 0.461. The van der Waals surface area contributed by atoms with Gasteiger partial charge in [0.05, 0.1) is 21.8 Å². The number of rotatable bonds is 1. The Balaban J connectivity index is 1.73. The Bertz CT molecular complexity index is 1470. The molecule has 4 aromatic rings. The van der Waals surface area contributed by atoms with E-state index in [4.69, 9.17) is 16.3 Å². The third-order valence-corrected chi connectivity index (χ3v) is 6.70. The fourth-order valence-electron chi connectivity index (χ4n) is 4.84. The third kappa shape index (κ3) is 2.66. The van der Waals surface area contributed by atoms with Crippen LogP contribution < -0.4 is 20.5 Å². The topological polar surface area (TPSA) is 83.1 Å². The number of anilines is 1. The highest BCUT2D eigenvalue weighted by Gasteiger charge is 2.34. The molecule has 0 aliphatic carbocycles. The Labute approximate surface area is 187 Å². The van der Waals surface area contributed by atoms with Gasteiger partial charge in [-0.15, -0.1) is 0 Å². The zero-order valence-corrected chi connectivity index (χ0v) is 18.0. The second kappa shape index (κ2) is 7.15. The normalized spacial score (nSPS) is 17.8. The SMILES string of the molecule is Cc1ccc2cc[nH]c(=O)c2c1-c1c(Cl)c2c3c(ncnc3c1F)N1CCNC[C@H]1CO2. The molecule has 1 saturated heterocycles. The molecular weight excluding hydrogens is 433 g/mol. The van der Waals surface area contributed by atoms with Crippen LogP contribution in [0.1, 0.15) is 5.56 Å². The number of aromatic amines is 1. The van der Waals surface area contributed by atoms with Crippen LogP contribution >= 0.6 is 11.6 Å². The summed E-state index contributed by atoms with van der Waals surface area (Å²) in [5.74, 6) is 0.383. The predicted octanol–water partition coefficient (Wildman–Crippen LogP) is 3.41. The van der Waals surface area contributed by atoms with Crippen LogP contribution in [0.15, 0.2) is 35.5 Å². The van der Waals surface area contributed by atoms with Crippen molar-refractivity contribution in [1.82, 2.24) is 20.3 Å². The number of piperazine rings is 1. The standard InChI is InChI=1S/C23H19ClFN5O2/c1-11-2-3-12-4-5-27-23(31)15(12)14(11)16-18(24)21-17-20(19(16)25)28-10-29-22(17)30-7-6-26-8-13(30)9-32-21/h2-5,10,13,26H,6-9H2,1H3,(H,27,31)/t13-/m0/s1. The monoisotopic (exact) mass is 451 g/mol. The van der Waals surface area contributed by atoms with Gasteiger partial charge in [-0.05, 0) is 23.9 Å². The number of nitrogens with zero attached hydrogens (tertiary/aromatic N) is 3. The summed E-state index contributed by atoms with van der Waals surface area (Å²) in [5, 5.41) is 5.02. The molecule has 32 heavy (non-hydrogen) atoms. The van der Waals surface area contributed by atoms with Gasteiger partial charge >= 0.3 is 0 Å². The van der Waals surface area contributed by atoms with E-state index in [2.05, 4.69) is 25.2 Å². The van der Waals surface area contributed by atoms with Crippen molar-refractivity contribution in [3.05, 3.63) is 57.5 Å². The van der Waals surface area contributed by atoms with Gasteiger partial charge in [-0.25, -0.2) is 14.4 Å². The van der Waals surface area contributed by atoms with Crippen molar-refractivity contribution in [2.24, 2.45) is 0 Å². The van der Waals surface area contributed by atoms with Crippen LogP contribution in [0.5, 0.6) is 5.75 Å². The van der Waals surface area contributed by atoms with Crippen molar-refractivity contribution in [1.29, 1.82) is 0 Å². The maximum absolute atomic E-state index is 16.2. The van der Waals surface area contributed by atoms with E-state index < -0.39 is 5.82 Å². The van der Waals surface area contributed by atoms with Crippen LogP contribution in [0, 0.1) is 12.7 Å². The molecule has 162 valence electrons. The molecule has 2 aromatic carbocycles. The van der Waals surface area contributed by atoms with E-state index in [-0.39, 0.29) is 27.7 Å². The number of pyridine rings is 1. The summed E-state index contributed by atoms with van der Waals surface area (Å²) in [5.41, 5.74) is 1.11. The van der Waals surface area contributed by atoms with E-state index in [1.807, 2.05) is 19.1 Å². The van der Waals surface area contributed by atoms with Crippen LogP contribution in [-0.2, 0) is 0 Å². The Kier molecular flexibility index (Phi) is 4.34. The fourth-order valence-corrected chi connectivity index (χ4v) is 5.17. The smallest absolute Gasteiger partial charge is 0.256 e. The first-order valence-corrected chi connectivity index (χ1v) is 10.8. The molecule has 7 nitrogen and oxygen atoms in total. The molecule has 0 unspecified atom stereocenters. The van der Waals surface area contributed by atoms with Gasteiger partial charge in [-0.3, -0.25) is 4.79 Å². The number of aromatic nitrogens is 3. The van der Waals surface area contributed by atoms with E-state index in [0.717, 1.165) is 25.2 Å². The molecule has 0 radical (unpaired) electrons. The molecule has 2 aliphatic rings. The molecule has 1 fully saturated rings. The Morgan fingerprint density at radius 3 is 2.97 bits per heavy atom. The maximum atomic E-state index is 16.2. The average Bonchev–Trinajstić information content (AvgIpc) is 2.97. The highest BCUT2D eigenvalue weighted by molar-refractivity contribution is 6.37. The number of fused-ring (bicyclic) bond motifs is 3. The first-order chi connectivity index (χ1) is 15.6. The second-order valence-electron chi connectivity index (χ2n) is 8.14. The number of hydrogen-bond acceptors (Lipinski definition) is 6. The summed E-state index contributed by atoms with van der Waals surface area (Å²) >= 11 is 6.86. The van der Waals surface area contributed by atoms with Crippen LogP contribution in [0.25, 0.3) is 32.8 Å². The van der Waals surface area contributed by atoms with Crippen molar-refractivity contribution in [2.45, 2.75) is 13.0 Å². The lowest BCUT2D eigenvalue weighted by atomic mass is 9.93. The van der Waals surface area contributed by atoms with Crippen LogP contribution in [0.2, 0.25) is 5.02 Å². The number of hydrogen-bond donors (Lipinski definition) is 2. The minimum absolute atomic E-state index is 0.0407. The third-order valence-electron chi connectivity index (χ3n) is 6.34. The van der Waals surface area contributed by atoms with Gasteiger partial charge in [-0.1, -0.05) is 23.7 Å². The van der Waals surface area contributed by atoms with Crippen molar-refractivity contribution >= 4 is 39.1 Å². The molecule has 2 aliphatic heterocycles. The summed E-state index contributed by atoms with van der Waals surface area (Å²) in [7, 11) is 0. The lowest BCUT2D eigenvalue weighted by Gasteiger charge is -2.35. The molecule has 0 bridgehead atoms. The summed E-state index contributed by atoms with van der Waals surface area (Å²) < 4.78 is 22.3. The Morgan fingerprint density at radius 2 is 2.09 bits per heavy atom. The lowest BCUT2D eigenvalue weighted by Crippen LogP contribution is -2.53. The average molecular weight is 452 g/mol. The fraction of sp³-hybridized carbons (Fsp3) is 0.261. The lowest BCUT2D eigenvalue weighted by molar-refractivity contribution is 0.274. The summed E-state index contributed by atoms with van der Waals surface area (Å²) in [6.45, 7) is 4.45. The maximum Gasteiger partial charge on any atom is 0.256 e. The van der Waals surface area contributed by atoms with E-state index in [0.29, 0.717) is 39.9 Å². The van der Waals surface area contributed by atoms with E-state index in [1.165, 1.54) is 6.33 Å². The molecule has 0 saturated carbocycles. The molecule has 4 heterocycles. The molecule has 6 rings (SSSR count). The van der Waals surface area contributed by atoms with E-state index >= 15 is 4.39 Å². The van der Waals surface area contributed by atoms with Gasteiger partial charge in [0, 0.05) is 37.0 Å². The molecular formula is C23H19ClFN5O2. The zero-order chi connectivity index (χ0) is 22.0. The minimum Gasteiger partial charge on any atom is -0.489 e. The number of nitrogens with one attached hydrogen (secondary N) is 2. The number of ether oxygens (including phenoxy) is 1. The van der Waals surface area contributed by atoms with Crippen LogP contribution in [0.3, 0.4) is 0 Å². The number of benzene rings is 2. The molecule has 1 atom stereocenters. The molecule has 2 N–H and O–H groups in total. The Hall–Kier alpha value is -3.23. The van der Waals surface area contributed by atoms with Crippen LogP contribution in [0.4, 0.5) is 10.2 Å². The highest BCUT2D eigenvalue weighted by Crippen LogP contribution is 2.48. The zero-order valence-electron chi connectivity index (χ0n) is 17.2. The largest absolute Gasteiger partial charge is 0.489 e.